The molecule has 0 amide bonds. The van der Waals surface area contributed by atoms with E-state index in [0.717, 1.165) is 27.1 Å². The zero-order valence-electron chi connectivity index (χ0n) is 13.8. The van der Waals surface area contributed by atoms with Gasteiger partial charge in [-0.1, -0.05) is 53.0 Å². The Bertz CT molecular complexity index is 1120. The Morgan fingerprint density at radius 2 is 1.74 bits per heavy atom. The maximum Gasteiger partial charge on any atom is 0.172 e. The molecule has 8 heteroatoms. The highest BCUT2D eigenvalue weighted by Crippen LogP contribution is 2.30. The molecule has 136 valence electrons. The number of halogens is 4. The van der Waals surface area contributed by atoms with Crippen LogP contribution in [-0.4, -0.2) is 14.6 Å². The van der Waals surface area contributed by atoms with Crippen LogP contribution in [0, 0.1) is 0 Å². The summed E-state index contributed by atoms with van der Waals surface area (Å²) in [6, 6.07) is 15.0. The highest BCUT2D eigenvalue weighted by molar-refractivity contribution is 9.10. The summed E-state index contributed by atoms with van der Waals surface area (Å²) in [4.78, 5) is 4.70. The van der Waals surface area contributed by atoms with Crippen molar-refractivity contribution in [3.05, 3.63) is 79.8 Å². The van der Waals surface area contributed by atoms with Crippen LogP contribution in [0.25, 0.3) is 16.9 Å². The molecule has 2 heterocycles. The Morgan fingerprint density at radius 1 is 1.00 bits per heavy atom. The third kappa shape index (κ3) is 3.92. The van der Waals surface area contributed by atoms with Crippen molar-refractivity contribution in [2.75, 3.05) is 5.32 Å². The third-order valence-electron chi connectivity index (χ3n) is 3.97. The van der Waals surface area contributed by atoms with Gasteiger partial charge in [0, 0.05) is 33.2 Å². The van der Waals surface area contributed by atoms with Crippen LogP contribution in [0.3, 0.4) is 0 Å². The first-order chi connectivity index (χ1) is 13.0. The number of hydrogen-bond donors (Lipinski definition) is 1. The van der Waals surface area contributed by atoms with E-state index in [1.807, 2.05) is 42.5 Å². The second-order valence-electron chi connectivity index (χ2n) is 5.87. The molecule has 1 N–H and O–H groups in total. The Balaban J connectivity index is 1.76. The van der Waals surface area contributed by atoms with E-state index < -0.39 is 0 Å². The fourth-order valence-electron chi connectivity index (χ4n) is 2.77. The largest absolute Gasteiger partial charge is 0.366 e. The van der Waals surface area contributed by atoms with Gasteiger partial charge in [0.15, 0.2) is 5.65 Å². The number of benzene rings is 2. The van der Waals surface area contributed by atoms with E-state index in [2.05, 4.69) is 26.3 Å². The highest BCUT2D eigenvalue weighted by atomic mass is 79.9. The molecule has 27 heavy (non-hydrogen) atoms. The molecule has 4 aromatic rings. The normalized spacial score (nSPS) is 11.1. The molecular weight excluding hydrogens is 471 g/mol. The lowest BCUT2D eigenvalue weighted by Gasteiger charge is -2.12. The Kier molecular flexibility index (Phi) is 5.28. The molecule has 4 rings (SSSR count). The second kappa shape index (κ2) is 7.68. The van der Waals surface area contributed by atoms with Gasteiger partial charge in [0.05, 0.1) is 16.4 Å². The molecule has 0 fully saturated rings. The Morgan fingerprint density at radius 3 is 2.48 bits per heavy atom. The van der Waals surface area contributed by atoms with Gasteiger partial charge < -0.3 is 5.32 Å². The van der Waals surface area contributed by atoms with E-state index in [-0.39, 0.29) is 0 Å². The van der Waals surface area contributed by atoms with Gasteiger partial charge in [-0.25, -0.2) is 4.98 Å². The Labute approximate surface area is 179 Å². The average Bonchev–Trinajstić information content (AvgIpc) is 3.00. The number of aromatic nitrogens is 3. The van der Waals surface area contributed by atoms with Gasteiger partial charge in [0.2, 0.25) is 0 Å². The second-order valence-corrected chi connectivity index (χ2v) is 8.00. The quantitative estimate of drug-likeness (QED) is 0.351. The number of fused-ring (bicyclic) bond motifs is 1. The third-order valence-corrected chi connectivity index (χ3v) is 5.30. The number of nitrogens with one attached hydrogen (secondary N) is 1. The molecule has 2 aromatic carbocycles. The van der Waals surface area contributed by atoms with Crippen molar-refractivity contribution in [2.45, 2.75) is 6.54 Å². The van der Waals surface area contributed by atoms with Crippen LogP contribution in [0.1, 0.15) is 5.56 Å². The van der Waals surface area contributed by atoms with E-state index in [1.54, 1.807) is 16.8 Å². The van der Waals surface area contributed by atoms with E-state index >= 15 is 0 Å². The molecule has 0 spiro atoms. The molecular formula is C19H12BrCl3N4. The van der Waals surface area contributed by atoms with Gasteiger partial charge in [0.25, 0.3) is 0 Å². The molecule has 4 nitrogen and oxygen atoms in total. The van der Waals surface area contributed by atoms with Gasteiger partial charge in [-0.2, -0.15) is 9.61 Å². The summed E-state index contributed by atoms with van der Waals surface area (Å²) in [5, 5.41) is 9.59. The van der Waals surface area contributed by atoms with Crippen molar-refractivity contribution in [1.82, 2.24) is 14.6 Å². The van der Waals surface area contributed by atoms with Gasteiger partial charge in [-0.15, -0.1) is 0 Å². The molecule has 0 saturated carbocycles. The average molecular weight is 483 g/mol. The number of nitrogens with zero attached hydrogens (tertiary/aromatic N) is 3. The van der Waals surface area contributed by atoms with E-state index in [4.69, 9.17) is 39.8 Å². The minimum absolute atomic E-state index is 0.527. The zero-order valence-corrected chi connectivity index (χ0v) is 17.6. The predicted octanol–water partition coefficient (Wildman–Crippen LogP) is 6.73. The molecule has 2 aromatic heterocycles. The van der Waals surface area contributed by atoms with Crippen LogP contribution in [0.2, 0.25) is 15.1 Å². The molecule has 0 unspecified atom stereocenters. The lowest BCUT2D eigenvalue weighted by molar-refractivity contribution is 0.927. The van der Waals surface area contributed by atoms with E-state index in [1.165, 1.54) is 0 Å². The van der Waals surface area contributed by atoms with Crippen LogP contribution in [-0.2, 0) is 6.54 Å². The topological polar surface area (TPSA) is 42.2 Å². The molecule has 0 aliphatic carbocycles. The predicted molar refractivity (Wildman–Crippen MR) is 115 cm³/mol. The Hall–Kier alpha value is -1.79. The summed E-state index contributed by atoms with van der Waals surface area (Å²) in [6.07, 6.45) is 1.71. The van der Waals surface area contributed by atoms with Crippen molar-refractivity contribution in [3.63, 3.8) is 0 Å². The summed E-state index contributed by atoms with van der Waals surface area (Å²) in [7, 11) is 0. The number of hydrogen-bond acceptors (Lipinski definition) is 3. The van der Waals surface area contributed by atoms with Gasteiger partial charge in [-0.05, 0) is 45.8 Å². The highest BCUT2D eigenvalue weighted by Gasteiger charge is 2.13. The lowest BCUT2D eigenvalue weighted by atomic mass is 10.1. The van der Waals surface area contributed by atoms with Crippen molar-refractivity contribution < 1.29 is 0 Å². The van der Waals surface area contributed by atoms with Gasteiger partial charge in [-0.3, -0.25) is 0 Å². The molecule has 0 saturated heterocycles. The molecule has 0 radical (unpaired) electrons. The van der Waals surface area contributed by atoms with Crippen LogP contribution in [0.4, 0.5) is 5.82 Å². The van der Waals surface area contributed by atoms with E-state index in [9.17, 15) is 0 Å². The number of rotatable bonds is 4. The van der Waals surface area contributed by atoms with Crippen LogP contribution in [0.15, 0.2) is 59.2 Å². The van der Waals surface area contributed by atoms with Crippen molar-refractivity contribution in [3.8, 4) is 11.3 Å². The minimum atomic E-state index is 0.527. The standard InChI is InChI=1S/C19H12BrCl3N4/c20-15-10-25-27-18(24-9-11-5-12(21)7-13(22)6-11)8-17(26-19(15)27)14-3-1-2-4-16(14)23/h1-8,10,24H,9H2. The molecule has 0 aliphatic rings. The van der Waals surface area contributed by atoms with Gasteiger partial charge >= 0.3 is 0 Å². The van der Waals surface area contributed by atoms with E-state index in [0.29, 0.717) is 27.3 Å². The van der Waals surface area contributed by atoms with Gasteiger partial charge in [0.1, 0.15) is 5.82 Å². The maximum atomic E-state index is 6.36. The summed E-state index contributed by atoms with van der Waals surface area (Å²) in [5.74, 6) is 0.775. The molecule has 0 bridgehead atoms. The molecule has 0 atom stereocenters. The van der Waals surface area contributed by atoms with Crippen LogP contribution >= 0.6 is 50.7 Å². The SMILES string of the molecule is Clc1cc(Cl)cc(CNc2cc(-c3ccccc3Cl)nc3c(Br)cnn23)c1. The first-order valence-electron chi connectivity index (χ1n) is 7.99. The fourth-order valence-corrected chi connectivity index (χ4v) is 3.93. The van der Waals surface area contributed by atoms with Crippen LogP contribution < -0.4 is 5.32 Å². The maximum absolute atomic E-state index is 6.36. The van der Waals surface area contributed by atoms with Crippen molar-refractivity contribution in [1.29, 1.82) is 0 Å². The smallest absolute Gasteiger partial charge is 0.172 e. The summed E-state index contributed by atoms with van der Waals surface area (Å²) in [6.45, 7) is 0.527. The number of anilines is 1. The molecule has 0 aliphatic heterocycles. The first-order valence-corrected chi connectivity index (χ1v) is 9.92. The summed E-state index contributed by atoms with van der Waals surface area (Å²) >= 11 is 22.0. The summed E-state index contributed by atoms with van der Waals surface area (Å²) < 4.78 is 2.53. The lowest BCUT2D eigenvalue weighted by Crippen LogP contribution is -2.07. The summed E-state index contributed by atoms with van der Waals surface area (Å²) in [5.41, 5.74) is 3.26. The monoisotopic (exact) mass is 480 g/mol. The first kappa shape index (κ1) is 18.6. The van der Waals surface area contributed by atoms with Crippen LogP contribution in [0.5, 0.6) is 0 Å². The van der Waals surface area contributed by atoms with Crippen molar-refractivity contribution >= 4 is 62.2 Å². The fraction of sp³-hybridized carbons (Fsp3) is 0.0526. The zero-order chi connectivity index (χ0) is 19.0. The van der Waals surface area contributed by atoms with Crippen molar-refractivity contribution in [2.24, 2.45) is 0 Å². The minimum Gasteiger partial charge on any atom is -0.366 e.